The first-order chi connectivity index (χ1) is 23.6. The smallest absolute Gasteiger partial charge is 0.136 e. The highest BCUT2D eigenvalue weighted by Crippen LogP contribution is 2.53. The summed E-state index contributed by atoms with van der Waals surface area (Å²) in [7, 11) is 0. The van der Waals surface area contributed by atoms with Crippen LogP contribution in [0.15, 0.2) is 150 Å². The molecule has 48 heavy (non-hydrogen) atoms. The summed E-state index contributed by atoms with van der Waals surface area (Å²) in [6, 6.07) is 54.0. The van der Waals surface area contributed by atoms with Crippen molar-refractivity contribution in [3.05, 3.63) is 157 Å². The highest BCUT2D eigenvalue weighted by molar-refractivity contribution is 6.29. The lowest BCUT2D eigenvalue weighted by atomic mass is 9.80. The molecular formula is C47H30O. The van der Waals surface area contributed by atoms with E-state index in [4.69, 9.17) is 4.42 Å². The average molecular weight is 611 g/mol. The fourth-order valence-electron chi connectivity index (χ4n) is 8.98. The second kappa shape index (κ2) is 9.12. The molecule has 1 aromatic heterocycles. The molecule has 0 spiro atoms. The van der Waals surface area contributed by atoms with Crippen molar-refractivity contribution in [2.45, 2.75) is 19.3 Å². The minimum atomic E-state index is -0.106. The van der Waals surface area contributed by atoms with E-state index in [-0.39, 0.29) is 5.41 Å². The van der Waals surface area contributed by atoms with Crippen molar-refractivity contribution in [2.24, 2.45) is 0 Å². The Hall–Kier alpha value is -5.92. The molecule has 0 unspecified atom stereocenters. The van der Waals surface area contributed by atoms with E-state index >= 15 is 0 Å². The van der Waals surface area contributed by atoms with Crippen molar-refractivity contribution in [3.63, 3.8) is 0 Å². The van der Waals surface area contributed by atoms with Crippen LogP contribution in [-0.4, -0.2) is 0 Å². The molecule has 0 aliphatic heterocycles. The summed E-state index contributed by atoms with van der Waals surface area (Å²) in [6.45, 7) is 4.77. The average Bonchev–Trinajstić information content (AvgIpc) is 3.61. The summed E-state index contributed by atoms with van der Waals surface area (Å²) in [5, 5.41) is 12.6. The lowest BCUT2D eigenvalue weighted by Crippen LogP contribution is -2.15. The van der Waals surface area contributed by atoms with Crippen LogP contribution in [0.2, 0.25) is 0 Å². The van der Waals surface area contributed by atoms with Gasteiger partial charge in [0.2, 0.25) is 0 Å². The molecule has 11 rings (SSSR count). The van der Waals surface area contributed by atoms with Gasteiger partial charge >= 0.3 is 0 Å². The fourth-order valence-corrected chi connectivity index (χ4v) is 8.98. The molecule has 1 nitrogen and oxygen atoms in total. The molecule has 1 heteroatoms. The Morgan fingerprint density at radius 2 is 0.938 bits per heavy atom. The van der Waals surface area contributed by atoms with Crippen LogP contribution in [0.3, 0.4) is 0 Å². The molecule has 0 fully saturated rings. The topological polar surface area (TPSA) is 13.1 Å². The number of hydrogen-bond acceptors (Lipinski definition) is 1. The van der Waals surface area contributed by atoms with Gasteiger partial charge in [-0.15, -0.1) is 0 Å². The van der Waals surface area contributed by atoms with Gasteiger partial charge in [-0.05, 0) is 124 Å². The van der Waals surface area contributed by atoms with E-state index in [9.17, 15) is 0 Å². The van der Waals surface area contributed by atoms with Gasteiger partial charge in [-0.3, -0.25) is 0 Å². The van der Waals surface area contributed by atoms with Crippen LogP contribution in [0.25, 0.3) is 98.4 Å². The monoisotopic (exact) mass is 610 g/mol. The van der Waals surface area contributed by atoms with Crippen molar-refractivity contribution < 1.29 is 4.42 Å². The van der Waals surface area contributed by atoms with Gasteiger partial charge in [0.25, 0.3) is 0 Å². The van der Waals surface area contributed by atoms with Crippen LogP contribution in [0.1, 0.15) is 25.0 Å². The highest BCUT2D eigenvalue weighted by atomic mass is 16.3. The van der Waals surface area contributed by atoms with Gasteiger partial charge in [-0.1, -0.05) is 123 Å². The molecule has 1 heterocycles. The van der Waals surface area contributed by atoms with E-state index in [0.717, 1.165) is 11.2 Å². The van der Waals surface area contributed by atoms with E-state index < -0.39 is 0 Å². The van der Waals surface area contributed by atoms with Crippen molar-refractivity contribution in [3.8, 4) is 33.4 Å². The Kier molecular flexibility index (Phi) is 4.97. The third-order valence-corrected chi connectivity index (χ3v) is 11.2. The lowest BCUT2D eigenvalue weighted by molar-refractivity contribution is 0.661. The number of rotatable bonds is 2. The molecule has 10 aromatic rings. The van der Waals surface area contributed by atoms with E-state index in [1.165, 1.54) is 98.4 Å². The first-order valence-electron chi connectivity index (χ1n) is 16.8. The number of furan rings is 1. The molecule has 0 N–H and O–H groups in total. The summed E-state index contributed by atoms with van der Waals surface area (Å²) in [4.78, 5) is 0. The van der Waals surface area contributed by atoms with E-state index in [1.807, 2.05) is 0 Å². The maximum Gasteiger partial charge on any atom is 0.136 e. The zero-order valence-electron chi connectivity index (χ0n) is 26.8. The van der Waals surface area contributed by atoms with Crippen LogP contribution >= 0.6 is 0 Å². The van der Waals surface area contributed by atoms with Crippen molar-refractivity contribution in [1.82, 2.24) is 0 Å². The van der Waals surface area contributed by atoms with Crippen LogP contribution in [0.5, 0.6) is 0 Å². The van der Waals surface area contributed by atoms with Gasteiger partial charge in [0.05, 0.1) is 0 Å². The standard InChI is InChI=1S/C47H30O/c1-47(2)39-26-30(21-22-31(39)37-23-27-11-3-4-12-28(27)25-40(37)47)43-32-14-5-7-16-34(32)45(35-17-8-6-15-33(35)43)38-24-29-13-9-19-41-44(29)46-36(38)18-10-20-42(46)48-41/h3-26H,1-2H3. The van der Waals surface area contributed by atoms with E-state index in [2.05, 4.69) is 159 Å². The van der Waals surface area contributed by atoms with Gasteiger partial charge in [-0.2, -0.15) is 0 Å². The molecule has 1 aliphatic rings. The quantitative estimate of drug-likeness (QED) is 0.140. The molecule has 9 aromatic carbocycles. The fraction of sp³-hybridized carbons (Fsp3) is 0.0638. The van der Waals surface area contributed by atoms with Gasteiger partial charge in [0.15, 0.2) is 0 Å². The molecule has 0 saturated carbocycles. The van der Waals surface area contributed by atoms with Crippen LogP contribution < -0.4 is 0 Å². The normalized spacial score (nSPS) is 13.8. The molecule has 224 valence electrons. The van der Waals surface area contributed by atoms with Crippen LogP contribution in [0.4, 0.5) is 0 Å². The van der Waals surface area contributed by atoms with Crippen molar-refractivity contribution in [1.29, 1.82) is 0 Å². The van der Waals surface area contributed by atoms with E-state index in [0.29, 0.717) is 0 Å². The summed E-state index contributed by atoms with van der Waals surface area (Å²) < 4.78 is 6.36. The van der Waals surface area contributed by atoms with Crippen molar-refractivity contribution in [2.75, 3.05) is 0 Å². The first-order valence-corrected chi connectivity index (χ1v) is 16.8. The maximum atomic E-state index is 6.36. The lowest BCUT2D eigenvalue weighted by Gasteiger charge is -2.23. The second-order valence-electron chi connectivity index (χ2n) is 14.0. The van der Waals surface area contributed by atoms with Gasteiger partial charge in [0.1, 0.15) is 11.2 Å². The predicted octanol–water partition coefficient (Wildman–Crippen LogP) is 13.3. The molecule has 0 atom stereocenters. The summed E-state index contributed by atoms with van der Waals surface area (Å²) in [5.74, 6) is 0. The summed E-state index contributed by atoms with van der Waals surface area (Å²) >= 11 is 0. The zero-order chi connectivity index (χ0) is 31.7. The molecule has 1 aliphatic carbocycles. The molecule has 0 radical (unpaired) electrons. The third-order valence-electron chi connectivity index (χ3n) is 11.2. The highest BCUT2D eigenvalue weighted by Gasteiger charge is 2.36. The Labute approximate surface area is 278 Å². The van der Waals surface area contributed by atoms with Gasteiger partial charge < -0.3 is 4.42 Å². The molecular weight excluding hydrogens is 581 g/mol. The molecule has 0 amide bonds. The molecule has 0 bridgehead atoms. The van der Waals surface area contributed by atoms with Crippen molar-refractivity contribution >= 4 is 65.0 Å². The van der Waals surface area contributed by atoms with Gasteiger partial charge in [0, 0.05) is 16.2 Å². The summed E-state index contributed by atoms with van der Waals surface area (Å²) in [6.07, 6.45) is 0. The zero-order valence-corrected chi connectivity index (χ0v) is 26.8. The second-order valence-corrected chi connectivity index (χ2v) is 14.0. The number of benzene rings is 9. The number of fused-ring (bicyclic) bond motifs is 6. The predicted molar refractivity (Wildman–Crippen MR) is 203 cm³/mol. The van der Waals surface area contributed by atoms with E-state index in [1.54, 1.807) is 0 Å². The Morgan fingerprint density at radius 3 is 1.67 bits per heavy atom. The SMILES string of the molecule is CC1(C)c2cc(-c3c4ccccc4c(-c4cc5cccc6oc7cccc4c7c56)c4ccccc34)ccc2-c2cc3ccccc3cc21. The Bertz CT molecular complexity index is 2910. The maximum absolute atomic E-state index is 6.36. The largest absolute Gasteiger partial charge is 0.456 e. The first kappa shape index (κ1) is 26.2. The Morgan fingerprint density at radius 1 is 0.396 bits per heavy atom. The summed E-state index contributed by atoms with van der Waals surface area (Å²) in [5.41, 5.74) is 12.4. The van der Waals surface area contributed by atoms with Crippen LogP contribution in [-0.2, 0) is 5.41 Å². The van der Waals surface area contributed by atoms with Gasteiger partial charge in [-0.25, -0.2) is 0 Å². The number of hydrogen-bond donors (Lipinski definition) is 0. The minimum Gasteiger partial charge on any atom is -0.456 e. The van der Waals surface area contributed by atoms with Crippen LogP contribution in [0, 0.1) is 0 Å². The molecule has 0 saturated heterocycles. The third kappa shape index (κ3) is 3.31. The minimum absolute atomic E-state index is 0.106. The Balaban J connectivity index is 1.21.